The first-order valence-corrected chi connectivity index (χ1v) is 6.61. The van der Waals surface area contributed by atoms with E-state index in [1.165, 1.54) is 17.7 Å². The van der Waals surface area contributed by atoms with Crippen molar-refractivity contribution in [3.63, 3.8) is 0 Å². The molecule has 2 aromatic rings. The lowest BCUT2D eigenvalue weighted by Gasteiger charge is -2.13. The summed E-state index contributed by atoms with van der Waals surface area (Å²) >= 11 is 0. The quantitative estimate of drug-likeness (QED) is 0.861. The van der Waals surface area contributed by atoms with Gasteiger partial charge in [-0.2, -0.15) is 0 Å². The molecule has 0 aliphatic carbocycles. The SMILES string of the molecule is CC(Cc1ccc(F)cc1)NCCc1cccnc1. The number of nitrogens with one attached hydrogen (secondary N) is 1. The summed E-state index contributed by atoms with van der Waals surface area (Å²) in [5.41, 5.74) is 2.40. The fraction of sp³-hybridized carbons (Fsp3) is 0.312. The van der Waals surface area contributed by atoms with E-state index in [1.54, 1.807) is 6.20 Å². The molecule has 1 N–H and O–H groups in total. The van der Waals surface area contributed by atoms with Crippen LogP contribution in [0.3, 0.4) is 0 Å². The minimum Gasteiger partial charge on any atom is -0.314 e. The summed E-state index contributed by atoms with van der Waals surface area (Å²) in [4.78, 5) is 4.10. The largest absolute Gasteiger partial charge is 0.314 e. The molecule has 1 aromatic carbocycles. The second-order valence-electron chi connectivity index (χ2n) is 4.80. The first kappa shape index (κ1) is 13.7. The number of rotatable bonds is 6. The second-order valence-corrected chi connectivity index (χ2v) is 4.80. The number of benzene rings is 1. The van der Waals surface area contributed by atoms with E-state index in [9.17, 15) is 4.39 Å². The summed E-state index contributed by atoms with van der Waals surface area (Å²) in [7, 11) is 0. The van der Waals surface area contributed by atoms with Gasteiger partial charge in [-0.25, -0.2) is 4.39 Å². The molecule has 0 bridgehead atoms. The minimum atomic E-state index is -0.180. The summed E-state index contributed by atoms with van der Waals surface area (Å²) in [6, 6.07) is 11.1. The number of halogens is 1. The molecule has 0 saturated heterocycles. The van der Waals surface area contributed by atoms with Crippen LogP contribution in [-0.2, 0) is 12.8 Å². The van der Waals surface area contributed by atoms with Gasteiger partial charge in [0, 0.05) is 18.4 Å². The lowest BCUT2D eigenvalue weighted by atomic mass is 10.1. The lowest BCUT2D eigenvalue weighted by Crippen LogP contribution is -2.30. The molecule has 0 radical (unpaired) electrons. The van der Waals surface area contributed by atoms with E-state index >= 15 is 0 Å². The van der Waals surface area contributed by atoms with Crippen LogP contribution in [0, 0.1) is 5.82 Å². The molecule has 0 amide bonds. The van der Waals surface area contributed by atoms with E-state index in [0.717, 1.165) is 24.9 Å². The average Bonchev–Trinajstić information content (AvgIpc) is 2.43. The van der Waals surface area contributed by atoms with Crippen molar-refractivity contribution >= 4 is 0 Å². The molecule has 1 atom stereocenters. The molecule has 0 aliphatic heterocycles. The molecule has 2 rings (SSSR count). The Hall–Kier alpha value is -1.74. The Morgan fingerprint density at radius 3 is 2.63 bits per heavy atom. The molecule has 2 nitrogen and oxygen atoms in total. The van der Waals surface area contributed by atoms with E-state index in [2.05, 4.69) is 23.3 Å². The molecule has 1 aromatic heterocycles. The Balaban J connectivity index is 1.73. The third-order valence-corrected chi connectivity index (χ3v) is 3.08. The van der Waals surface area contributed by atoms with Crippen molar-refractivity contribution in [3.05, 3.63) is 65.7 Å². The maximum absolute atomic E-state index is 12.8. The van der Waals surface area contributed by atoms with Crippen molar-refractivity contribution in [2.45, 2.75) is 25.8 Å². The van der Waals surface area contributed by atoms with Crippen LogP contribution in [0.5, 0.6) is 0 Å². The van der Waals surface area contributed by atoms with Crippen LogP contribution in [0.4, 0.5) is 4.39 Å². The minimum absolute atomic E-state index is 0.180. The van der Waals surface area contributed by atoms with Crippen LogP contribution in [0.15, 0.2) is 48.8 Å². The van der Waals surface area contributed by atoms with Crippen molar-refractivity contribution in [1.29, 1.82) is 0 Å². The van der Waals surface area contributed by atoms with E-state index < -0.39 is 0 Å². The van der Waals surface area contributed by atoms with Crippen LogP contribution in [0.2, 0.25) is 0 Å². The zero-order chi connectivity index (χ0) is 13.5. The third-order valence-electron chi connectivity index (χ3n) is 3.08. The molecule has 100 valence electrons. The summed E-state index contributed by atoms with van der Waals surface area (Å²) in [5, 5.41) is 3.47. The van der Waals surface area contributed by atoms with Gasteiger partial charge in [0.1, 0.15) is 5.82 Å². The molecule has 1 unspecified atom stereocenters. The normalized spacial score (nSPS) is 12.3. The Bertz CT molecular complexity index is 482. The first-order chi connectivity index (χ1) is 9.24. The number of nitrogens with zero attached hydrogens (tertiary/aromatic N) is 1. The van der Waals surface area contributed by atoms with Gasteiger partial charge in [0.25, 0.3) is 0 Å². The molecule has 0 spiro atoms. The Morgan fingerprint density at radius 2 is 1.95 bits per heavy atom. The standard InChI is InChI=1S/C16H19FN2/c1-13(11-14-4-6-16(17)7-5-14)19-10-8-15-3-2-9-18-12-15/h2-7,9,12-13,19H,8,10-11H2,1H3. The maximum Gasteiger partial charge on any atom is 0.123 e. The van der Waals surface area contributed by atoms with Gasteiger partial charge in [0.05, 0.1) is 0 Å². The van der Waals surface area contributed by atoms with Crippen LogP contribution in [0.25, 0.3) is 0 Å². The molecule has 0 saturated carbocycles. The van der Waals surface area contributed by atoms with Crippen LogP contribution in [-0.4, -0.2) is 17.6 Å². The van der Waals surface area contributed by atoms with Crippen molar-refractivity contribution < 1.29 is 4.39 Å². The van der Waals surface area contributed by atoms with Crippen LogP contribution >= 0.6 is 0 Å². The van der Waals surface area contributed by atoms with Gasteiger partial charge in [-0.15, -0.1) is 0 Å². The third kappa shape index (κ3) is 4.79. The van der Waals surface area contributed by atoms with Gasteiger partial charge in [-0.05, 0) is 55.6 Å². The van der Waals surface area contributed by atoms with Gasteiger partial charge in [0.15, 0.2) is 0 Å². The predicted molar refractivity (Wildman–Crippen MR) is 75.5 cm³/mol. The molecular formula is C16H19FN2. The monoisotopic (exact) mass is 258 g/mol. The fourth-order valence-corrected chi connectivity index (χ4v) is 2.06. The van der Waals surface area contributed by atoms with Crippen molar-refractivity contribution in [2.24, 2.45) is 0 Å². The summed E-state index contributed by atoms with van der Waals surface area (Å²) in [6.07, 6.45) is 5.56. The summed E-state index contributed by atoms with van der Waals surface area (Å²) in [5.74, 6) is -0.180. The number of hydrogen-bond donors (Lipinski definition) is 1. The van der Waals surface area contributed by atoms with Gasteiger partial charge in [-0.1, -0.05) is 18.2 Å². The molecule has 0 fully saturated rings. The van der Waals surface area contributed by atoms with Crippen LogP contribution in [0.1, 0.15) is 18.1 Å². The first-order valence-electron chi connectivity index (χ1n) is 6.61. The highest BCUT2D eigenvalue weighted by atomic mass is 19.1. The summed E-state index contributed by atoms with van der Waals surface area (Å²) in [6.45, 7) is 3.07. The molecule has 19 heavy (non-hydrogen) atoms. The van der Waals surface area contributed by atoms with E-state index in [-0.39, 0.29) is 5.82 Å². The molecule has 3 heteroatoms. The highest BCUT2D eigenvalue weighted by molar-refractivity contribution is 5.17. The van der Waals surface area contributed by atoms with E-state index in [0.29, 0.717) is 6.04 Å². The predicted octanol–water partition coefficient (Wildman–Crippen LogP) is 2.98. The van der Waals surface area contributed by atoms with E-state index in [4.69, 9.17) is 0 Å². The fourth-order valence-electron chi connectivity index (χ4n) is 2.06. The molecular weight excluding hydrogens is 239 g/mol. The van der Waals surface area contributed by atoms with Crippen molar-refractivity contribution in [1.82, 2.24) is 10.3 Å². The highest BCUT2D eigenvalue weighted by Gasteiger charge is 2.03. The maximum atomic E-state index is 12.8. The van der Waals surface area contributed by atoms with Crippen molar-refractivity contribution in [3.8, 4) is 0 Å². The Kier molecular flexibility index (Phi) is 5.04. The topological polar surface area (TPSA) is 24.9 Å². The van der Waals surface area contributed by atoms with Gasteiger partial charge < -0.3 is 5.32 Å². The summed E-state index contributed by atoms with van der Waals surface area (Å²) < 4.78 is 12.8. The van der Waals surface area contributed by atoms with Crippen molar-refractivity contribution in [2.75, 3.05) is 6.54 Å². The Morgan fingerprint density at radius 1 is 1.16 bits per heavy atom. The van der Waals surface area contributed by atoms with Gasteiger partial charge in [0.2, 0.25) is 0 Å². The molecule has 1 heterocycles. The highest BCUT2D eigenvalue weighted by Crippen LogP contribution is 2.05. The van der Waals surface area contributed by atoms with Gasteiger partial charge >= 0.3 is 0 Å². The number of hydrogen-bond acceptors (Lipinski definition) is 2. The average molecular weight is 258 g/mol. The number of aromatic nitrogens is 1. The Labute approximate surface area is 113 Å². The van der Waals surface area contributed by atoms with Gasteiger partial charge in [-0.3, -0.25) is 4.98 Å². The van der Waals surface area contributed by atoms with E-state index in [1.807, 2.05) is 24.4 Å². The smallest absolute Gasteiger partial charge is 0.123 e. The second kappa shape index (κ2) is 7.00. The number of pyridine rings is 1. The molecule has 0 aliphatic rings. The van der Waals surface area contributed by atoms with Crippen LogP contribution < -0.4 is 5.32 Å². The zero-order valence-corrected chi connectivity index (χ0v) is 11.1. The zero-order valence-electron chi connectivity index (χ0n) is 11.1. The lowest BCUT2D eigenvalue weighted by molar-refractivity contribution is 0.547.